The number of anilines is 1. The maximum absolute atomic E-state index is 13.5. The topological polar surface area (TPSA) is 53.1 Å². The number of carbonyl (C=O) groups excluding carboxylic acids is 2. The summed E-state index contributed by atoms with van der Waals surface area (Å²) in [6.07, 6.45) is -4.92. The fourth-order valence-electron chi connectivity index (χ4n) is 3.77. The Hall–Kier alpha value is -3.40. The van der Waals surface area contributed by atoms with Crippen LogP contribution in [-0.4, -0.2) is 61.2 Å². The lowest BCUT2D eigenvalue weighted by molar-refractivity contribution is -0.274. The van der Waals surface area contributed by atoms with Gasteiger partial charge in [-0.15, -0.1) is 13.2 Å². The number of rotatable bonds is 4. The molecule has 2 aromatic rings. The van der Waals surface area contributed by atoms with Gasteiger partial charge in [0.05, 0.1) is 11.3 Å². The molecule has 2 aromatic carbocycles. The van der Waals surface area contributed by atoms with Crippen LogP contribution in [0.5, 0.6) is 5.75 Å². The molecule has 1 fully saturated rings. The zero-order chi connectivity index (χ0) is 23.0. The summed E-state index contributed by atoms with van der Waals surface area (Å²) in [7, 11) is 1.94. The normalized spacial score (nSPS) is 18.0. The number of halogens is 4. The van der Waals surface area contributed by atoms with Crippen LogP contribution in [0.25, 0.3) is 5.57 Å². The van der Waals surface area contributed by atoms with E-state index in [-0.39, 0.29) is 17.0 Å². The average molecular weight is 449 g/mol. The molecule has 2 heterocycles. The second-order valence-corrected chi connectivity index (χ2v) is 7.51. The minimum Gasteiger partial charge on any atom is -0.406 e. The van der Waals surface area contributed by atoms with Crippen molar-refractivity contribution in [3.8, 4) is 5.75 Å². The lowest BCUT2D eigenvalue weighted by Crippen LogP contribution is -2.46. The number of piperazine rings is 1. The maximum atomic E-state index is 13.5. The summed E-state index contributed by atoms with van der Waals surface area (Å²) in [6, 6.07) is 9.86. The Morgan fingerprint density at radius 3 is 2.19 bits per heavy atom. The second kappa shape index (κ2) is 8.27. The lowest BCUT2D eigenvalue weighted by Gasteiger charge is -2.34. The van der Waals surface area contributed by atoms with E-state index in [4.69, 9.17) is 0 Å². The van der Waals surface area contributed by atoms with Gasteiger partial charge in [0.15, 0.2) is 0 Å². The van der Waals surface area contributed by atoms with Gasteiger partial charge in [-0.25, -0.2) is 9.29 Å². The molecule has 1 saturated heterocycles. The van der Waals surface area contributed by atoms with E-state index in [0.717, 1.165) is 17.0 Å². The molecule has 32 heavy (non-hydrogen) atoms. The highest BCUT2D eigenvalue weighted by molar-refractivity contribution is 6.45. The number of hydrogen-bond donors (Lipinski definition) is 0. The van der Waals surface area contributed by atoms with Crippen LogP contribution in [0.3, 0.4) is 0 Å². The monoisotopic (exact) mass is 449 g/mol. The molecule has 4 rings (SSSR count). The van der Waals surface area contributed by atoms with Crippen LogP contribution in [-0.2, 0) is 9.59 Å². The van der Waals surface area contributed by atoms with Gasteiger partial charge in [-0.1, -0.05) is 18.2 Å². The van der Waals surface area contributed by atoms with E-state index in [9.17, 15) is 27.2 Å². The van der Waals surface area contributed by atoms with Crippen LogP contribution in [0, 0.1) is 5.82 Å². The molecule has 0 bridgehead atoms. The van der Waals surface area contributed by atoms with Crippen molar-refractivity contribution in [2.45, 2.75) is 6.36 Å². The number of ether oxygens (including phenoxy) is 1. The number of benzene rings is 2. The number of likely N-dealkylation sites (N-methyl/N-ethyl adjacent to an activating group) is 1. The number of amides is 2. The molecule has 0 aliphatic carbocycles. The van der Waals surface area contributed by atoms with Gasteiger partial charge in [-0.2, -0.15) is 0 Å². The van der Waals surface area contributed by atoms with Crippen molar-refractivity contribution in [1.29, 1.82) is 0 Å². The molecule has 0 atom stereocenters. The zero-order valence-electron chi connectivity index (χ0n) is 17.0. The quantitative estimate of drug-likeness (QED) is 0.530. The summed E-state index contributed by atoms with van der Waals surface area (Å²) < 4.78 is 55.3. The molecule has 0 saturated carbocycles. The molecule has 0 radical (unpaired) electrons. The van der Waals surface area contributed by atoms with Gasteiger partial charge < -0.3 is 14.5 Å². The van der Waals surface area contributed by atoms with Crippen LogP contribution < -0.4 is 9.64 Å². The van der Waals surface area contributed by atoms with Crippen LogP contribution in [0.2, 0.25) is 0 Å². The number of nitrogens with zero attached hydrogens (tertiary/aromatic N) is 3. The molecule has 0 spiro atoms. The Kier molecular flexibility index (Phi) is 5.64. The molecule has 0 N–H and O–H groups in total. The van der Waals surface area contributed by atoms with Gasteiger partial charge in [0.1, 0.15) is 17.3 Å². The minimum absolute atomic E-state index is 0.0505. The van der Waals surface area contributed by atoms with Crippen LogP contribution >= 0.6 is 0 Å². The van der Waals surface area contributed by atoms with E-state index in [1.165, 1.54) is 36.4 Å². The first-order valence-electron chi connectivity index (χ1n) is 9.82. The minimum atomic E-state index is -4.92. The Morgan fingerprint density at radius 2 is 1.56 bits per heavy atom. The molecule has 2 aliphatic heterocycles. The highest BCUT2D eigenvalue weighted by Crippen LogP contribution is 2.36. The third-order valence-electron chi connectivity index (χ3n) is 5.32. The van der Waals surface area contributed by atoms with Gasteiger partial charge in [-0.05, 0) is 36.9 Å². The number of imide groups is 1. The van der Waals surface area contributed by atoms with E-state index in [1.807, 2.05) is 7.05 Å². The summed E-state index contributed by atoms with van der Waals surface area (Å²) in [6.45, 7) is 2.30. The average Bonchev–Trinajstić information content (AvgIpc) is 2.98. The summed E-state index contributed by atoms with van der Waals surface area (Å²) in [5.74, 6) is -2.39. The van der Waals surface area contributed by atoms with Gasteiger partial charge in [-0.3, -0.25) is 9.59 Å². The van der Waals surface area contributed by atoms with Crippen LogP contribution in [0.4, 0.5) is 23.2 Å². The lowest BCUT2D eigenvalue weighted by atomic mass is 10.0. The first kappa shape index (κ1) is 21.8. The summed E-state index contributed by atoms with van der Waals surface area (Å²) >= 11 is 0. The number of hydrogen-bond acceptors (Lipinski definition) is 5. The Bertz CT molecular complexity index is 1070. The number of carbonyl (C=O) groups is 2. The molecule has 2 aliphatic rings. The Balaban J connectivity index is 1.75. The molecule has 0 aromatic heterocycles. The van der Waals surface area contributed by atoms with E-state index >= 15 is 0 Å². The third kappa shape index (κ3) is 4.31. The fourth-order valence-corrected chi connectivity index (χ4v) is 3.77. The zero-order valence-corrected chi connectivity index (χ0v) is 17.0. The molecular formula is C22H19F4N3O3. The van der Waals surface area contributed by atoms with Crippen molar-refractivity contribution in [3.05, 3.63) is 65.6 Å². The van der Waals surface area contributed by atoms with Crippen LogP contribution in [0.15, 0.2) is 54.2 Å². The summed E-state index contributed by atoms with van der Waals surface area (Å²) in [5.41, 5.74) is 0.535. The van der Waals surface area contributed by atoms with Crippen molar-refractivity contribution in [3.63, 3.8) is 0 Å². The SMILES string of the molecule is CN1CCN(C2=C(c3ccc(F)cc3)C(=O)N(c3cccc(OC(F)(F)F)c3)C2=O)CC1. The van der Waals surface area contributed by atoms with Gasteiger partial charge >= 0.3 is 6.36 Å². The van der Waals surface area contributed by atoms with E-state index in [2.05, 4.69) is 9.64 Å². The highest BCUT2D eigenvalue weighted by Gasteiger charge is 2.43. The van der Waals surface area contributed by atoms with E-state index in [0.29, 0.717) is 31.7 Å². The fraction of sp³-hybridized carbons (Fsp3) is 0.273. The van der Waals surface area contributed by atoms with Crippen molar-refractivity contribution in [1.82, 2.24) is 9.80 Å². The maximum Gasteiger partial charge on any atom is 0.573 e. The van der Waals surface area contributed by atoms with Gasteiger partial charge in [0.25, 0.3) is 11.8 Å². The molecule has 10 heteroatoms. The third-order valence-corrected chi connectivity index (χ3v) is 5.32. The Morgan fingerprint density at radius 1 is 0.906 bits per heavy atom. The first-order valence-corrected chi connectivity index (χ1v) is 9.82. The van der Waals surface area contributed by atoms with Crippen molar-refractivity contribution >= 4 is 23.1 Å². The molecule has 0 unspecified atom stereocenters. The van der Waals surface area contributed by atoms with Crippen LogP contribution in [0.1, 0.15) is 5.56 Å². The van der Waals surface area contributed by atoms with Crippen molar-refractivity contribution in [2.24, 2.45) is 0 Å². The van der Waals surface area contributed by atoms with Gasteiger partial charge in [0, 0.05) is 32.2 Å². The predicted molar refractivity (Wildman–Crippen MR) is 108 cm³/mol. The Labute approximate surface area is 181 Å². The van der Waals surface area contributed by atoms with Crippen molar-refractivity contribution in [2.75, 3.05) is 38.1 Å². The molecule has 168 valence electrons. The standard InChI is InChI=1S/C22H19F4N3O3/c1-27-9-11-28(12-10-27)19-18(14-5-7-15(23)8-6-14)20(30)29(21(19)31)16-3-2-4-17(13-16)32-22(24,25)26/h2-8,13H,9-12H2,1H3. The number of alkyl halides is 3. The smallest absolute Gasteiger partial charge is 0.406 e. The van der Waals surface area contributed by atoms with E-state index in [1.54, 1.807) is 4.90 Å². The predicted octanol–water partition coefficient (Wildman–Crippen LogP) is 3.26. The highest BCUT2D eigenvalue weighted by atomic mass is 19.4. The van der Waals surface area contributed by atoms with Crippen molar-refractivity contribution < 1.29 is 31.9 Å². The molecule has 2 amide bonds. The first-order chi connectivity index (χ1) is 15.1. The van der Waals surface area contributed by atoms with E-state index < -0.39 is 29.7 Å². The molecule has 6 nitrogen and oxygen atoms in total. The molecular weight excluding hydrogens is 430 g/mol. The summed E-state index contributed by atoms with van der Waals surface area (Å²) in [4.78, 5) is 31.5. The second-order valence-electron chi connectivity index (χ2n) is 7.51. The largest absolute Gasteiger partial charge is 0.573 e. The van der Waals surface area contributed by atoms with Gasteiger partial charge in [0.2, 0.25) is 0 Å². The summed E-state index contributed by atoms with van der Waals surface area (Å²) in [5, 5.41) is 0.